The van der Waals surface area contributed by atoms with E-state index in [1.165, 1.54) is 0 Å². The second-order valence-electron chi connectivity index (χ2n) is 4.30. The summed E-state index contributed by atoms with van der Waals surface area (Å²) in [5, 5.41) is 9.45. The summed E-state index contributed by atoms with van der Waals surface area (Å²) in [6.07, 6.45) is 17.3. The minimum absolute atomic E-state index is 0.148. The number of hydrogen-bond acceptors (Lipinski definition) is 2. The van der Waals surface area contributed by atoms with Crippen molar-refractivity contribution >= 4 is 0 Å². The van der Waals surface area contributed by atoms with Gasteiger partial charge in [-0.25, -0.2) is 0 Å². The number of unbranched alkanes of at least 4 members (excludes halogenated alkanes) is 1. The first-order valence-electron chi connectivity index (χ1n) is 6.57. The van der Waals surface area contributed by atoms with Crippen LogP contribution in [0.5, 0.6) is 0 Å². The monoisotopic (exact) mass is 237 g/mol. The number of allylic oxidation sites excluding steroid dienone is 5. The molecule has 2 nitrogen and oxygen atoms in total. The normalized spacial score (nSPS) is 16.2. The van der Waals surface area contributed by atoms with Crippen molar-refractivity contribution in [2.45, 2.75) is 58.1 Å². The van der Waals surface area contributed by atoms with E-state index in [2.05, 4.69) is 37.3 Å². The Labute approximate surface area is 106 Å². The lowest BCUT2D eigenvalue weighted by atomic mass is 10.1. The Morgan fingerprint density at radius 2 is 1.59 bits per heavy atom. The molecule has 3 N–H and O–H groups in total. The van der Waals surface area contributed by atoms with Crippen LogP contribution in [0.2, 0.25) is 0 Å². The Kier molecular flexibility index (Phi) is 11.0. The molecule has 0 bridgehead atoms. The van der Waals surface area contributed by atoms with E-state index in [4.69, 9.17) is 5.73 Å². The van der Waals surface area contributed by atoms with Gasteiger partial charge >= 0.3 is 0 Å². The Bertz CT molecular complexity index is 241. The number of nitrogens with two attached hydrogens (primary N) is 1. The van der Waals surface area contributed by atoms with Crippen LogP contribution in [-0.4, -0.2) is 17.3 Å². The number of aliphatic hydroxyl groups excluding tert-OH is 1. The maximum atomic E-state index is 9.45. The molecule has 0 saturated carbocycles. The van der Waals surface area contributed by atoms with Crippen molar-refractivity contribution in [3.63, 3.8) is 0 Å². The molecule has 0 rings (SSSR count). The predicted octanol–water partition coefficient (Wildman–Crippen LogP) is 3.33. The summed E-state index contributed by atoms with van der Waals surface area (Å²) in [4.78, 5) is 0. The van der Waals surface area contributed by atoms with Gasteiger partial charge in [0.1, 0.15) is 0 Å². The van der Waals surface area contributed by atoms with Crippen LogP contribution < -0.4 is 5.73 Å². The first kappa shape index (κ1) is 16.1. The molecule has 17 heavy (non-hydrogen) atoms. The van der Waals surface area contributed by atoms with Gasteiger partial charge in [0, 0.05) is 6.04 Å². The van der Waals surface area contributed by atoms with Gasteiger partial charge in [0.05, 0.1) is 6.10 Å². The maximum absolute atomic E-state index is 9.45. The van der Waals surface area contributed by atoms with Crippen LogP contribution in [0.15, 0.2) is 36.5 Å². The van der Waals surface area contributed by atoms with Crippen molar-refractivity contribution in [3.8, 4) is 0 Å². The van der Waals surface area contributed by atoms with E-state index < -0.39 is 6.10 Å². The molecule has 0 radical (unpaired) electrons. The van der Waals surface area contributed by atoms with Crippen LogP contribution in [-0.2, 0) is 0 Å². The summed E-state index contributed by atoms with van der Waals surface area (Å²) in [6, 6.07) is -0.148. The number of hydrogen-bond donors (Lipinski definition) is 2. The first-order chi connectivity index (χ1) is 8.18. The number of aliphatic hydroxyl groups is 1. The number of rotatable bonds is 9. The largest absolute Gasteiger partial charge is 0.391 e. The molecule has 0 amide bonds. The first-order valence-corrected chi connectivity index (χ1v) is 6.57. The van der Waals surface area contributed by atoms with Gasteiger partial charge in [0.2, 0.25) is 0 Å². The van der Waals surface area contributed by atoms with E-state index in [0.717, 1.165) is 25.7 Å². The molecule has 0 aliphatic rings. The molecular weight excluding hydrogens is 210 g/mol. The van der Waals surface area contributed by atoms with Gasteiger partial charge in [-0.2, -0.15) is 0 Å². The average molecular weight is 237 g/mol. The van der Waals surface area contributed by atoms with Gasteiger partial charge in [-0.15, -0.1) is 0 Å². The van der Waals surface area contributed by atoms with Crippen molar-refractivity contribution in [1.82, 2.24) is 0 Å². The Balaban J connectivity index is 3.44. The molecule has 0 aliphatic heterocycles. The lowest BCUT2D eigenvalue weighted by Crippen LogP contribution is -2.30. The highest BCUT2D eigenvalue weighted by molar-refractivity contribution is 4.94. The summed E-state index contributed by atoms with van der Waals surface area (Å²) in [5.74, 6) is 0. The van der Waals surface area contributed by atoms with Crippen LogP contribution in [0, 0.1) is 0 Å². The standard InChI is InChI=1S/C15H27NO/c1-3-4-5-6-7-8-9-10-11-12-13-15(17)14(2)16/h4-5,7-8,11-12,14-15,17H,3,6,9-10,13,16H2,1-2H3/b5-4-,8-7-,12-11+/t14-,15+/m0/s1. The van der Waals surface area contributed by atoms with Crippen LogP contribution in [0.25, 0.3) is 0 Å². The molecule has 0 spiro atoms. The fourth-order valence-electron chi connectivity index (χ4n) is 1.32. The Morgan fingerprint density at radius 3 is 2.18 bits per heavy atom. The maximum Gasteiger partial charge on any atom is 0.0722 e. The third kappa shape index (κ3) is 11.4. The van der Waals surface area contributed by atoms with Crippen LogP contribution in [0.1, 0.15) is 46.0 Å². The van der Waals surface area contributed by atoms with Crippen molar-refractivity contribution in [3.05, 3.63) is 36.5 Å². The highest BCUT2D eigenvalue weighted by Gasteiger charge is 2.05. The molecule has 0 heterocycles. The fraction of sp³-hybridized carbons (Fsp3) is 0.600. The van der Waals surface area contributed by atoms with Crippen molar-refractivity contribution < 1.29 is 5.11 Å². The average Bonchev–Trinajstić information content (AvgIpc) is 2.31. The second kappa shape index (κ2) is 11.6. The zero-order valence-electron chi connectivity index (χ0n) is 11.2. The van der Waals surface area contributed by atoms with Gasteiger partial charge in [-0.05, 0) is 39.0 Å². The summed E-state index contributed by atoms with van der Waals surface area (Å²) < 4.78 is 0. The highest BCUT2D eigenvalue weighted by atomic mass is 16.3. The summed E-state index contributed by atoms with van der Waals surface area (Å²) in [7, 11) is 0. The molecule has 0 aromatic rings. The summed E-state index contributed by atoms with van der Waals surface area (Å²) in [6.45, 7) is 3.96. The fourth-order valence-corrected chi connectivity index (χ4v) is 1.32. The molecule has 0 saturated heterocycles. The zero-order chi connectivity index (χ0) is 12.9. The molecule has 0 fully saturated rings. The van der Waals surface area contributed by atoms with Gasteiger partial charge in [0.25, 0.3) is 0 Å². The van der Waals surface area contributed by atoms with E-state index in [1.807, 2.05) is 13.0 Å². The van der Waals surface area contributed by atoms with Crippen LogP contribution in [0.3, 0.4) is 0 Å². The molecular formula is C15H27NO. The lowest BCUT2D eigenvalue weighted by Gasteiger charge is -2.10. The zero-order valence-corrected chi connectivity index (χ0v) is 11.2. The van der Waals surface area contributed by atoms with Crippen LogP contribution >= 0.6 is 0 Å². The highest BCUT2D eigenvalue weighted by Crippen LogP contribution is 2.00. The smallest absolute Gasteiger partial charge is 0.0722 e. The lowest BCUT2D eigenvalue weighted by molar-refractivity contribution is 0.154. The van der Waals surface area contributed by atoms with Crippen LogP contribution in [0.4, 0.5) is 0 Å². The quantitative estimate of drug-likeness (QED) is 0.477. The van der Waals surface area contributed by atoms with Gasteiger partial charge in [-0.1, -0.05) is 43.4 Å². The second-order valence-corrected chi connectivity index (χ2v) is 4.30. The van der Waals surface area contributed by atoms with Crippen molar-refractivity contribution in [2.24, 2.45) is 5.73 Å². The van der Waals surface area contributed by atoms with Gasteiger partial charge < -0.3 is 10.8 Å². The topological polar surface area (TPSA) is 46.2 Å². The van der Waals surface area contributed by atoms with E-state index in [1.54, 1.807) is 0 Å². The van der Waals surface area contributed by atoms with E-state index >= 15 is 0 Å². The minimum Gasteiger partial charge on any atom is -0.391 e. The molecule has 2 atom stereocenters. The minimum atomic E-state index is -0.416. The molecule has 0 aliphatic carbocycles. The molecule has 0 aromatic carbocycles. The SMILES string of the molecule is CC/C=C\C/C=C\CC/C=C/C[C@@H](O)[C@H](C)N. The molecule has 2 heteroatoms. The van der Waals surface area contributed by atoms with E-state index in [0.29, 0.717) is 6.42 Å². The van der Waals surface area contributed by atoms with E-state index in [9.17, 15) is 5.11 Å². The summed E-state index contributed by atoms with van der Waals surface area (Å²) >= 11 is 0. The third-order valence-electron chi connectivity index (χ3n) is 2.49. The Morgan fingerprint density at radius 1 is 1.00 bits per heavy atom. The molecule has 0 aromatic heterocycles. The predicted molar refractivity (Wildman–Crippen MR) is 75.8 cm³/mol. The Hall–Kier alpha value is -0.860. The molecule has 98 valence electrons. The molecule has 0 unspecified atom stereocenters. The van der Waals surface area contributed by atoms with E-state index in [-0.39, 0.29) is 6.04 Å². The van der Waals surface area contributed by atoms with Gasteiger partial charge in [-0.3, -0.25) is 0 Å². The van der Waals surface area contributed by atoms with Crippen molar-refractivity contribution in [2.75, 3.05) is 0 Å². The van der Waals surface area contributed by atoms with Gasteiger partial charge in [0.15, 0.2) is 0 Å². The third-order valence-corrected chi connectivity index (χ3v) is 2.49. The summed E-state index contributed by atoms with van der Waals surface area (Å²) in [5.41, 5.74) is 5.55. The van der Waals surface area contributed by atoms with Crippen molar-refractivity contribution in [1.29, 1.82) is 0 Å².